The quantitative estimate of drug-likeness (QED) is 0.790. The lowest BCUT2D eigenvalue weighted by molar-refractivity contribution is -0.276. The minimum atomic E-state index is -5.02. The van der Waals surface area contributed by atoms with Crippen LogP contribution in [0.3, 0.4) is 0 Å². The molecule has 1 aromatic heterocycles. The van der Waals surface area contributed by atoms with Gasteiger partial charge in [0.15, 0.2) is 5.75 Å². The third-order valence-electron chi connectivity index (χ3n) is 1.73. The lowest BCUT2D eigenvalue weighted by Gasteiger charge is -2.12. The van der Waals surface area contributed by atoms with E-state index in [9.17, 15) is 22.7 Å². The number of rotatable bonds is 3. The molecule has 2 N–H and O–H groups in total. The van der Waals surface area contributed by atoms with E-state index in [1.165, 1.54) is 0 Å². The zero-order valence-electron chi connectivity index (χ0n) is 7.75. The Kier molecular flexibility index (Phi) is 3.53. The van der Waals surface area contributed by atoms with Crippen LogP contribution in [0.4, 0.5) is 17.6 Å². The normalized spacial score (nSPS) is 11.6. The van der Waals surface area contributed by atoms with Crippen molar-refractivity contribution in [1.29, 1.82) is 0 Å². The van der Waals surface area contributed by atoms with Crippen molar-refractivity contribution in [2.24, 2.45) is 0 Å². The molecule has 0 saturated heterocycles. The molecule has 1 aromatic rings. The van der Waals surface area contributed by atoms with Crippen LogP contribution in [0.15, 0.2) is 6.20 Å². The molecule has 90 valence electrons. The summed E-state index contributed by atoms with van der Waals surface area (Å²) >= 11 is 0. The highest BCUT2D eigenvalue weighted by atomic mass is 19.4. The summed E-state index contributed by atoms with van der Waals surface area (Å²) in [5.74, 6) is -2.14. The van der Waals surface area contributed by atoms with Crippen LogP contribution in [-0.2, 0) is 13.3 Å². The first-order valence-electron chi connectivity index (χ1n) is 4.01. The van der Waals surface area contributed by atoms with Crippen molar-refractivity contribution < 1.29 is 32.5 Å². The number of halogens is 4. The van der Waals surface area contributed by atoms with Crippen molar-refractivity contribution in [3.63, 3.8) is 0 Å². The molecule has 0 fully saturated rings. The van der Waals surface area contributed by atoms with E-state index in [4.69, 9.17) is 5.11 Å². The Balaban J connectivity index is 3.14. The summed E-state index contributed by atoms with van der Waals surface area (Å²) in [6.07, 6.45) is -4.26. The second-order valence-electron chi connectivity index (χ2n) is 2.76. The van der Waals surface area contributed by atoms with Gasteiger partial charge in [-0.15, -0.1) is 13.2 Å². The summed E-state index contributed by atoms with van der Waals surface area (Å²) in [5.41, 5.74) is -0.578. The van der Waals surface area contributed by atoms with Crippen LogP contribution >= 0.6 is 0 Å². The van der Waals surface area contributed by atoms with Crippen molar-refractivity contribution in [2.45, 2.75) is 19.6 Å². The molecule has 0 bridgehead atoms. The molecule has 0 amide bonds. The third kappa shape index (κ3) is 2.72. The van der Waals surface area contributed by atoms with E-state index in [1.807, 2.05) is 0 Å². The SMILES string of the molecule is OCc1c(CF)cnc(OC(F)(F)F)c1O. The highest BCUT2D eigenvalue weighted by Crippen LogP contribution is 2.33. The number of aliphatic hydroxyl groups excluding tert-OH is 1. The number of nitrogens with zero attached hydrogens (tertiary/aromatic N) is 1. The Labute approximate surface area is 87.1 Å². The van der Waals surface area contributed by atoms with Gasteiger partial charge in [-0.1, -0.05) is 0 Å². The lowest BCUT2D eigenvalue weighted by Crippen LogP contribution is -2.18. The molecular weight excluding hydrogens is 234 g/mol. The Morgan fingerprint density at radius 3 is 2.44 bits per heavy atom. The number of aliphatic hydroxyl groups is 1. The van der Waals surface area contributed by atoms with Crippen LogP contribution in [0.25, 0.3) is 0 Å². The van der Waals surface area contributed by atoms with E-state index in [2.05, 4.69) is 9.72 Å². The summed E-state index contributed by atoms with van der Waals surface area (Å²) in [6, 6.07) is 0. The van der Waals surface area contributed by atoms with Crippen molar-refractivity contribution in [1.82, 2.24) is 4.98 Å². The van der Waals surface area contributed by atoms with Gasteiger partial charge in [0.2, 0.25) is 0 Å². The minimum Gasteiger partial charge on any atom is -0.503 e. The number of aromatic hydroxyl groups is 1. The van der Waals surface area contributed by atoms with E-state index in [0.717, 1.165) is 6.20 Å². The van der Waals surface area contributed by atoms with Gasteiger partial charge < -0.3 is 14.9 Å². The van der Waals surface area contributed by atoms with Crippen LogP contribution in [0.5, 0.6) is 11.6 Å². The van der Waals surface area contributed by atoms with Gasteiger partial charge in [0, 0.05) is 17.3 Å². The van der Waals surface area contributed by atoms with Gasteiger partial charge in [-0.25, -0.2) is 9.37 Å². The maximum absolute atomic E-state index is 12.3. The van der Waals surface area contributed by atoms with Gasteiger partial charge in [-0.2, -0.15) is 0 Å². The molecule has 1 rings (SSSR count). The van der Waals surface area contributed by atoms with Gasteiger partial charge in [-0.05, 0) is 0 Å². The van der Waals surface area contributed by atoms with Crippen molar-refractivity contribution >= 4 is 0 Å². The fourth-order valence-corrected chi connectivity index (χ4v) is 1.03. The Morgan fingerprint density at radius 1 is 1.38 bits per heavy atom. The zero-order valence-corrected chi connectivity index (χ0v) is 7.75. The monoisotopic (exact) mass is 241 g/mol. The first-order valence-corrected chi connectivity index (χ1v) is 4.01. The van der Waals surface area contributed by atoms with E-state index in [1.54, 1.807) is 0 Å². The molecule has 0 spiro atoms. The van der Waals surface area contributed by atoms with E-state index >= 15 is 0 Å². The summed E-state index contributed by atoms with van der Waals surface area (Å²) in [5, 5.41) is 18.0. The Morgan fingerprint density at radius 2 is 2.00 bits per heavy atom. The summed E-state index contributed by atoms with van der Waals surface area (Å²) in [4.78, 5) is 3.10. The largest absolute Gasteiger partial charge is 0.574 e. The fraction of sp³-hybridized carbons (Fsp3) is 0.375. The zero-order chi connectivity index (χ0) is 12.3. The number of aromatic nitrogens is 1. The third-order valence-corrected chi connectivity index (χ3v) is 1.73. The maximum atomic E-state index is 12.3. The fourth-order valence-electron chi connectivity index (χ4n) is 1.03. The summed E-state index contributed by atoms with van der Waals surface area (Å²) in [6.45, 7) is -1.88. The van der Waals surface area contributed by atoms with Crippen LogP contribution in [0.2, 0.25) is 0 Å². The molecule has 8 heteroatoms. The number of pyridine rings is 1. The highest BCUT2D eigenvalue weighted by molar-refractivity contribution is 5.44. The second-order valence-corrected chi connectivity index (χ2v) is 2.76. The van der Waals surface area contributed by atoms with Crippen molar-refractivity contribution in [2.75, 3.05) is 0 Å². The molecular formula is C8H7F4NO3. The Hall–Kier alpha value is -1.57. The van der Waals surface area contributed by atoms with E-state index < -0.39 is 31.3 Å². The molecule has 0 aromatic carbocycles. The molecule has 0 aliphatic carbocycles. The van der Waals surface area contributed by atoms with Crippen molar-refractivity contribution in [3.8, 4) is 11.6 Å². The molecule has 0 unspecified atom stereocenters. The van der Waals surface area contributed by atoms with Gasteiger partial charge in [0.1, 0.15) is 6.67 Å². The lowest BCUT2D eigenvalue weighted by atomic mass is 10.1. The van der Waals surface area contributed by atoms with E-state index in [-0.39, 0.29) is 11.1 Å². The number of hydrogen-bond acceptors (Lipinski definition) is 4. The standard InChI is InChI=1S/C8H7F4NO3/c9-1-4-2-13-7(16-8(10,11)12)6(15)5(4)3-14/h2,14-15H,1,3H2. The van der Waals surface area contributed by atoms with Gasteiger partial charge in [0.25, 0.3) is 5.88 Å². The molecule has 16 heavy (non-hydrogen) atoms. The van der Waals surface area contributed by atoms with Gasteiger partial charge in [-0.3, -0.25) is 0 Å². The molecule has 0 atom stereocenters. The number of alkyl halides is 4. The van der Waals surface area contributed by atoms with Crippen molar-refractivity contribution in [3.05, 3.63) is 17.3 Å². The smallest absolute Gasteiger partial charge is 0.503 e. The topological polar surface area (TPSA) is 62.6 Å². The number of hydrogen-bond donors (Lipinski definition) is 2. The van der Waals surface area contributed by atoms with Gasteiger partial charge in [0.05, 0.1) is 6.61 Å². The highest BCUT2D eigenvalue weighted by Gasteiger charge is 2.33. The average Bonchev–Trinajstić information content (AvgIpc) is 2.19. The first kappa shape index (κ1) is 12.5. The minimum absolute atomic E-state index is 0.200. The average molecular weight is 241 g/mol. The predicted octanol–water partition coefficient (Wildman–Crippen LogP) is 1.65. The molecule has 4 nitrogen and oxygen atoms in total. The van der Waals surface area contributed by atoms with Crippen LogP contribution < -0.4 is 4.74 Å². The van der Waals surface area contributed by atoms with Crippen LogP contribution in [-0.4, -0.2) is 21.6 Å². The molecule has 0 aliphatic rings. The summed E-state index contributed by atoms with van der Waals surface area (Å²) < 4.78 is 51.2. The predicted molar refractivity (Wildman–Crippen MR) is 43.3 cm³/mol. The summed E-state index contributed by atoms with van der Waals surface area (Å²) in [7, 11) is 0. The van der Waals surface area contributed by atoms with Crippen LogP contribution in [0.1, 0.15) is 11.1 Å². The molecule has 0 radical (unpaired) electrons. The number of ether oxygens (including phenoxy) is 1. The molecule has 0 aliphatic heterocycles. The Bertz CT molecular complexity index is 380. The van der Waals surface area contributed by atoms with E-state index in [0.29, 0.717) is 0 Å². The molecule has 1 heterocycles. The first-order chi connectivity index (χ1) is 7.39. The van der Waals surface area contributed by atoms with Gasteiger partial charge >= 0.3 is 6.36 Å². The van der Waals surface area contributed by atoms with Crippen LogP contribution in [0, 0.1) is 0 Å². The maximum Gasteiger partial charge on any atom is 0.574 e. The second kappa shape index (κ2) is 4.52. The molecule has 0 saturated carbocycles.